The first-order valence-electron chi connectivity index (χ1n) is 7.98. The molecule has 0 radical (unpaired) electrons. The first-order chi connectivity index (χ1) is 11.2. The molecule has 2 aromatic rings. The maximum atomic E-state index is 12.5. The summed E-state index contributed by atoms with van der Waals surface area (Å²) in [6.45, 7) is 4.37. The van der Waals surface area contributed by atoms with E-state index in [0.29, 0.717) is 24.1 Å². The largest absolute Gasteiger partial charge is 0.349 e. The molecule has 6 nitrogen and oxygen atoms in total. The molecule has 1 N–H and O–H groups in total. The molecule has 1 saturated heterocycles. The Morgan fingerprint density at radius 2 is 2.04 bits per heavy atom. The standard InChI is InChI=1S/C17H21N5O/c1-13-6-10-22(11-7-13)16(23)15-5-9-19-17(21-15)20-12-14-4-2-3-8-18-14/h2-5,8-9,13H,6-7,10-12H2,1H3,(H,19,20,21). The van der Waals surface area contributed by atoms with Crippen molar-refractivity contribution in [2.24, 2.45) is 5.92 Å². The molecule has 6 heteroatoms. The normalized spacial score (nSPS) is 15.4. The Morgan fingerprint density at radius 3 is 2.78 bits per heavy atom. The molecule has 2 aromatic heterocycles. The number of nitrogens with zero attached hydrogens (tertiary/aromatic N) is 4. The van der Waals surface area contributed by atoms with Crippen LogP contribution in [-0.2, 0) is 6.54 Å². The van der Waals surface area contributed by atoms with Crippen molar-refractivity contribution in [2.45, 2.75) is 26.3 Å². The minimum Gasteiger partial charge on any atom is -0.349 e. The Bertz CT molecular complexity index is 653. The van der Waals surface area contributed by atoms with Gasteiger partial charge in [-0.15, -0.1) is 0 Å². The molecule has 0 bridgehead atoms. The van der Waals surface area contributed by atoms with Crippen molar-refractivity contribution in [2.75, 3.05) is 18.4 Å². The van der Waals surface area contributed by atoms with Crippen LogP contribution in [0.1, 0.15) is 35.9 Å². The molecule has 120 valence electrons. The molecule has 0 unspecified atom stereocenters. The maximum Gasteiger partial charge on any atom is 0.272 e. The molecule has 23 heavy (non-hydrogen) atoms. The third-order valence-electron chi connectivity index (χ3n) is 4.10. The van der Waals surface area contributed by atoms with Gasteiger partial charge in [0.2, 0.25) is 5.95 Å². The van der Waals surface area contributed by atoms with Gasteiger partial charge in [-0.2, -0.15) is 0 Å². The second-order valence-electron chi connectivity index (χ2n) is 5.91. The number of piperidine rings is 1. The average Bonchev–Trinajstić information content (AvgIpc) is 2.61. The van der Waals surface area contributed by atoms with Crippen LogP contribution in [0.3, 0.4) is 0 Å². The van der Waals surface area contributed by atoms with Gasteiger partial charge in [0.15, 0.2) is 0 Å². The summed E-state index contributed by atoms with van der Waals surface area (Å²) in [6, 6.07) is 7.41. The van der Waals surface area contributed by atoms with E-state index in [9.17, 15) is 4.79 Å². The second kappa shape index (κ2) is 7.17. The maximum absolute atomic E-state index is 12.5. The van der Waals surface area contributed by atoms with E-state index in [-0.39, 0.29) is 5.91 Å². The van der Waals surface area contributed by atoms with Crippen LogP contribution >= 0.6 is 0 Å². The number of carbonyl (C=O) groups excluding carboxylic acids is 1. The van der Waals surface area contributed by atoms with E-state index in [0.717, 1.165) is 31.6 Å². The Kier molecular flexibility index (Phi) is 4.80. The van der Waals surface area contributed by atoms with Crippen molar-refractivity contribution in [3.63, 3.8) is 0 Å². The van der Waals surface area contributed by atoms with Gasteiger partial charge in [0.25, 0.3) is 5.91 Å². The zero-order valence-electron chi connectivity index (χ0n) is 13.3. The van der Waals surface area contributed by atoms with Gasteiger partial charge in [-0.1, -0.05) is 13.0 Å². The molecule has 1 aliphatic rings. The third-order valence-corrected chi connectivity index (χ3v) is 4.10. The van der Waals surface area contributed by atoms with E-state index in [4.69, 9.17) is 0 Å². The van der Waals surface area contributed by atoms with Gasteiger partial charge in [-0.05, 0) is 37.0 Å². The third kappa shape index (κ3) is 4.03. The average molecular weight is 311 g/mol. The number of hydrogen-bond donors (Lipinski definition) is 1. The highest BCUT2D eigenvalue weighted by atomic mass is 16.2. The lowest BCUT2D eigenvalue weighted by Crippen LogP contribution is -2.38. The van der Waals surface area contributed by atoms with Crippen LogP contribution < -0.4 is 5.32 Å². The highest BCUT2D eigenvalue weighted by molar-refractivity contribution is 5.92. The first kappa shape index (κ1) is 15.4. The molecule has 0 saturated carbocycles. The number of amides is 1. The predicted octanol–water partition coefficient (Wildman–Crippen LogP) is 2.36. The summed E-state index contributed by atoms with van der Waals surface area (Å²) in [5.74, 6) is 1.13. The van der Waals surface area contributed by atoms with Crippen molar-refractivity contribution >= 4 is 11.9 Å². The van der Waals surface area contributed by atoms with Gasteiger partial charge in [-0.25, -0.2) is 9.97 Å². The quantitative estimate of drug-likeness (QED) is 0.938. The number of likely N-dealkylation sites (tertiary alicyclic amines) is 1. The van der Waals surface area contributed by atoms with Crippen LogP contribution in [-0.4, -0.2) is 38.8 Å². The number of pyridine rings is 1. The summed E-state index contributed by atoms with van der Waals surface area (Å²) in [7, 11) is 0. The first-order valence-corrected chi connectivity index (χ1v) is 7.98. The van der Waals surface area contributed by atoms with Crippen molar-refractivity contribution in [3.8, 4) is 0 Å². The van der Waals surface area contributed by atoms with E-state index >= 15 is 0 Å². The number of aromatic nitrogens is 3. The molecule has 0 aromatic carbocycles. The van der Waals surface area contributed by atoms with Crippen molar-refractivity contribution in [1.29, 1.82) is 0 Å². The van der Waals surface area contributed by atoms with Crippen molar-refractivity contribution in [1.82, 2.24) is 19.9 Å². The smallest absolute Gasteiger partial charge is 0.272 e. The van der Waals surface area contributed by atoms with Gasteiger partial charge in [0.1, 0.15) is 5.69 Å². The van der Waals surface area contributed by atoms with Gasteiger partial charge >= 0.3 is 0 Å². The molecular formula is C17H21N5O. The highest BCUT2D eigenvalue weighted by Crippen LogP contribution is 2.17. The predicted molar refractivity (Wildman–Crippen MR) is 87.9 cm³/mol. The van der Waals surface area contributed by atoms with E-state index in [1.54, 1.807) is 18.5 Å². The van der Waals surface area contributed by atoms with Gasteiger partial charge < -0.3 is 10.2 Å². The van der Waals surface area contributed by atoms with Crippen molar-refractivity contribution in [3.05, 3.63) is 48.0 Å². The molecule has 1 fully saturated rings. The monoisotopic (exact) mass is 311 g/mol. The SMILES string of the molecule is CC1CCN(C(=O)c2ccnc(NCc3ccccn3)n2)CC1. The Morgan fingerprint density at radius 1 is 1.22 bits per heavy atom. The topological polar surface area (TPSA) is 71.0 Å². The van der Waals surface area contributed by atoms with Crippen LogP contribution in [0.25, 0.3) is 0 Å². The van der Waals surface area contributed by atoms with Crippen LogP contribution in [0.5, 0.6) is 0 Å². The van der Waals surface area contributed by atoms with Crippen LogP contribution in [0.4, 0.5) is 5.95 Å². The summed E-state index contributed by atoms with van der Waals surface area (Å²) in [6.07, 6.45) is 5.48. The Balaban J connectivity index is 1.64. The fourth-order valence-electron chi connectivity index (χ4n) is 2.61. The summed E-state index contributed by atoms with van der Waals surface area (Å²) in [4.78, 5) is 27.2. The minimum atomic E-state index is -0.0137. The van der Waals surface area contributed by atoms with E-state index in [2.05, 4.69) is 27.2 Å². The molecule has 3 heterocycles. The molecule has 0 aliphatic carbocycles. The number of carbonyl (C=O) groups is 1. The van der Waals surface area contributed by atoms with Crippen LogP contribution in [0.2, 0.25) is 0 Å². The van der Waals surface area contributed by atoms with E-state index in [1.807, 2.05) is 23.1 Å². The van der Waals surface area contributed by atoms with Gasteiger partial charge in [0.05, 0.1) is 12.2 Å². The lowest BCUT2D eigenvalue weighted by atomic mass is 9.99. The number of nitrogens with one attached hydrogen (secondary N) is 1. The molecule has 0 atom stereocenters. The zero-order chi connectivity index (χ0) is 16.1. The summed E-state index contributed by atoms with van der Waals surface area (Å²) < 4.78 is 0. The lowest BCUT2D eigenvalue weighted by Gasteiger charge is -2.30. The van der Waals surface area contributed by atoms with Crippen LogP contribution in [0.15, 0.2) is 36.7 Å². The summed E-state index contributed by atoms with van der Waals surface area (Å²) in [5.41, 5.74) is 1.34. The number of hydrogen-bond acceptors (Lipinski definition) is 5. The Labute approximate surface area is 136 Å². The molecule has 1 aliphatic heterocycles. The minimum absolute atomic E-state index is 0.0137. The van der Waals surface area contributed by atoms with E-state index < -0.39 is 0 Å². The Hall–Kier alpha value is -2.50. The second-order valence-corrected chi connectivity index (χ2v) is 5.91. The highest BCUT2D eigenvalue weighted by Gasteiger charge is 2.22. The molecule has 3 rings (SSSR count). The van der Waals surface area contributed by atoms with Crippen LogP contribution in [0, 0.1) is 5.92 Å². The zero-order valence-corrected chi connectivity index (χ0v) is 13.3. The van der Waals surface area contributed by atoms with E-state index in [1.165, 1.54) is 0 Å². The summed E-state index contributed by atoms with van der Waals surface area (Å²) >= 11 is 0. The lowest BCUT2D eigenvalue weighted by molar-refractivity contribution is 0.0691. The molecular weight excluding hydrogens is 290 g/mol. The number of rotatable bonds is 4. The molecule has 0 spiro atoms. The van der Waals surface area contributed by atoms with Gasteiger partial charge in [0, 0.05) is 25.5 Å². The fourth-order valence-corrected chi connectivity index (χ4v) is 2.61. The van der Waals surface area contributed by atoms with Gasteiger partial charge in [-0.3, -0.25) is 9.78 Å². The van der Waals surface area contributed by atoms with Crippen molar-refractivity contribution < 1.29 is 4.79 Å². The molecule has 1 amide bonds. The summed E-state index contributed by atoms with van der Waals surface area (Å²) in [5, 5.41) is 3.11. The number of anilines is 1. The fraction of sp³-hybridized carbons (Fsp3) is 0.412.